The molecule has 0 spiro atoms. The van der Waals surface area contributed by atoms with Crippen LogP contribution in [-0.4, -0.2) is 39.4 Å². The second-order valence-electron chi connectivity index (χ2n) is 4.67. The Hall–Kier alpha value is -1.93. The van der Waals surface area contributed by atoms with Crippen molar-refractivity contribution in [2.24, 2.45) is 5.16 Å². The molecule has 0 radical (unpaired) electrons. The molecular formula is C13H17N3O4S. The number of hydrogen-bond acceptors (Lipinski definition) is 5. The van der Waals surface area contributed by atoms with Crippen LogP contribution >= 0.6 is 0 Å². The maximum atomic E-state index is 11.8. The number of nitrogens with one attached hydrogen (secondary N) is 2. The first-order valence-electron chi connectivity index (χ1n) is 6.46. The molecule has 0 aliphatic carbocycles. The van der Waals surface area contributed by atoms with Gasteiger partial charge < -0.3 is 10.2 Å². The van der Waals surface area contributed by atoms with Crippen LogP contribution in [0.5, 0.6) is 0 Å². The molecule has 0 saturated carbocycles. The van der Waals surface area contributed by atoms with E-state index in [1.54, 1.807) is 0 Å². The Labute approximate surface area is 123 Å². The average molecular weight is 311 g/mol. The summed E-state index contributed by atoms with van der Waals surface area (Å²) in [6.45, 7) is 0.335. The summed E-state index contributed by atoms with van der Waals surface area (Å²) >= 11 is 0. The van der Waals surface area contributed by atoms with Crippen LogP contribution in [0.1, 0.15) is 18.1 Å². The molecule has 2 N–H and O–H groups in total. The van der Waals surface area contributed by atoms with E-state index >= 15 is 0 Å². The molecule has 1 aliphatic rings. The minimum Gasteiger partial charge on any atom is -0.387 e. The first-order chi connectivity index (χ1) is 9.96. The molecule has 1 aromatic carbocycles. The van der Waals surface area contributed by atoms with Crippen LogP contribution in [0.3, 0.4) is 0 Å². The topological polar surface area (TPSA) is 96.9 Å². The van der Waals surface area contributed by atoms with Gasteiger partial charge in [-0.1, -0.05) is 35.5 Å². The second-order valence-corrected chi connectivity index (χ2v) is 6.50. The lowest BCUT2D eigenvalue weighted by atomic mass is 10.0. The van der Waals surface area contributed by atoms with Gasteiger partial charge in [0.15, 0.2) is 6.10 Å². The van der Waals surface area contributed by atoms with E-state index in [4.69, 9.17) is 4.84 Å². The van der Waals surface area contributed by atoms with Gasteiger partial charge in [-0.2, -0.15) is 0 Å². The Bertz CT molecular complexity index is 628. The summed E-state index contributed by atoms with van der Waals surface area (Å²) in [7, 11) is -3.24. The molecule has 7 nitrogen and oxygen atoms in total. The zero-order valence-electron chi connectivity index (χ0n) is 11.6. The lowest BCUT2D eigenvalue weighted by molar-refractivity contribution is -0.114. The highest BCUT2D eigenvalue weighted by Crippen LogP contribution is 2.26. The third kappa shape index (κ3) is 4.83. The van der Waals surface area contributed by atoms with Crippen LogP contribution < -0.4 is 10.0 Å². The van der Waals surface area contributed by atoms with Crippen molar-refractivity contribution in [3.05, 3.63) is 35.9 Å². The summed E-state index contributed by atoms with van der Waals surface area (Å²) in [6.07, 6.45) is 1.21. The van der Waals surface area contributed by atoms with Gasteiger partial charge in [-0.15, -0.1) is 0 Å². The van der Waals surface area contributed by atoms with Crippen molar-refractivity contribution in [3.63, 3.8) is 0 Å². The molecule has 0 unspecified atom stereocenters. The van der Waals surface area contributed by atoms with Crippen molar-refractivity contribution in [1.82, 2.24) is 10.0 Å². The molecule has 1 atom stereocenters. The summed E-state index contributed by atoms with van der Waals surface area (Å²) in [6, 6.07) is 9.52. The minimum absolute atomic E-state index is 0.140. The molecule has 21 heavy (non-hydrogen) atoms. The van der Waals surface area contributed by atoms with Gasteiger partial charge in [-0.3, -0.25) is 4.79 Å². The second kappa shape index (κ2) is 6.68. The number of carbonyl (C=O) groups is 1. The van der Waals surface area contributed by atoms with E-state index in [2.05, 4.69) is 15.2 Å². The Balaban J connectivity index is 1.77. The largest absolute Gasteiger partial charge is 0.387 e. The van der Waals surface area contributed by atoms with Crippen LogP contribution in [0.2, 0.25) is 0 Å². The van der Waals surface area contributed by atoms with Crippen LogP contribution in [0.15, 0.2) is 35.5 Å². The highest BCUT2D eigenvalue weighted by molar-refractivity contribution is 7.88. The molecule has 1 heterocycles. The number of amides is 1. The highest BCUT2D eigenvalue weighted by Gasteiger charge is 2.26. The maximum absolute atomic E-state index is 11.8. The number of hydrogen-bond donors (Lipinski definition) is 2. The molecule has 8 heteroatoms. The number of nitrogens with zero attached hydrogens (tertiary/aromatic N) is 1. The predicted octanol–water partition coefficient (Wildman–Crippen LogP) is 0.169. The highest BCUT2D eigenvalue weighted by atomic mass is 32.2. The maximum Gasteiger partial charge on any atom is 0.269 e. The van der Waals surface area contributed by atoms with Gasteiger partial charge in [0.25, 0.3) is 5.91 Å². The normalized spacial score (nSPS) is 18.0. The summed E-state index contributed by atoms with van der Waals surface area (Å²) < 4.78 is 24.0. The summed E-state index contributed by atoms with van der Waals surface area (Å²) in [5.74, 6) is -0.344. The van der Waals surface area contributed by atoms with Crippen molar-refractivity contribution in [3.8, 4) is 0 Å². The minimum atomic E-state index is -3.24. The molecule has 0 saturated heterocycles. The fraction of sp³-hybridized carbons (Fsp3) is 0.385. The van der Waals surface area contributed by atoms with Crippen molar-refractivity contribution >= 4 is 21.6 Å². The molecule has 1 aromatic rings. The lowest BCUT2D eigenvalue weighted by Gasteiger charge is -2.07. The number of rotatable bonds is 6. The van der Waals surface area contributed by atoms with E-state index in [0.29, 0.717) is 12.1 Å². The zero-order valence-corrected chi connectivity index (χ0v) is 12.4. The standard InChI is InChI=1S/C13H17N3O4S/c1-21(18,19)15-8-7-14-13(17)11-9-12(20-16-11)10-5-3-2-4-6-10/h2-6,12,15H,7-9H2,1H3,(H,14,17)/t12-/m1/s1. The monoisotopic (exact) mass is 311 g/mol. The van der Waals surface area contributed by atoms with E-state index in [1.807, 2.05) is 30.3 Å². The number of benzene rings is 1. The fourth-order valence-electron chi connectivity index (χ4n) is 1.87. The summed E-state index contributed by atoms with van der Waals surface area (Å²) in [4.78, 5) is 17.1. The van der Waals surface area contributed by atoms with E-state index in [1.165, 1.54) is 0 Å². The van der Waals surface area contributed by atoms with E-state index in [9.17, 15) is 13.2 Å². The Morgan fingerprint density at radius 1 is 1.33 bits per heavy atom. The van der Waals surface area contributed by atoms with Crippen molar-refractivity contribution in [1.29, 1.82) is 0 Å². The number of oxime groups is 1. The third-order valence-corrected chi connectivity index (χ3v) is 3.61. The molecule has 0 bridgehead atoms. The van der Waals surface area contributed by atoms with Crippen LogP contribution in [0.4, 0.5) is 0 Å². The molecular weight excluding hydrogens is 294 g/mol. The van der Waals surface area contributed by atoms with E-state index in [0.717, 1.165) is 11.8 Å². The number of carbonyl (C=O) groups excluding carboxylic acids is 1. The van der Waals surface area contributed by atoms with Gasteiger partial charge in [0, 0.05) is 19.5 Å². The third-order valence-electron chi connectivity index (χ3n) is 2.88. The lowest BCUT2D eigenvalue weighted by Crippen LogP contribution is -2.37. The Kier molecular flexibility index (Phi) is 4.92. The SMILES string of the molecule is CS(=O)(=O)NCCNC(=O)C1=NO[C@@H](c2ccccc2)C1. The first kappa shape index (κ1) is 15.5. The first-order valence-corrected chi connectivity index (χ1v) is 8.35. The average Bonchev–Trinajstić information content (AvgIpc) is 2.93. The van der Waals surface area contributed by atoms with Gasteiger partial charge in [-0.25, -0.2) is 13.1 Å². The van der Waals surface area contributed by atoms with Crippen LogP contribution in [0, 0.1) is 0 Å². The van der Waals surface area contributed by atoms with Crippen molar-refractivity contribution in [2.45, 2.75) is 12.5 Å². The zero-order chi connectivity index (χ0) is 15.3. The molecule has 0 fully saturated rings. The molecule has 1 aliphatic heterocycles. The Morgan fingerprint density at radius 3 is 2.71 bits per heavy atom. The fourth-order valence-corrected chi connectivity index (χ4v) is 2.35. The Morgan fingerprint density at radius 2 is 2.05 bits per heavy atom. The summed E-state index contributed by atoms with van der Waals surface area (Å²) in [5, 5.41) is 6.38. The van der Waals surface area contributed by atoms with Crippen molar-refractivity contribution in [2.75, 3.05) is 19.3 Å². The van der Waals surface area contributed by atoms with Gasteiger partial charge in [0.1, 0.15) is 5.71 Å². The van der Waals surface area contributed by atoms with Crippen LogP contribution in [0.25, 0.3) is 0 Å². The van der Waals surface area contributed by atoms with Gasteiger partial charge in [0.05, 0.1) is 6.26 Å². The van der Waals surface area contributed by atoms with E-state index in [-0.39, 0.29) is 25.1 Å². The predicted molar refractivity (Wildman–Crippen MR) is 78.2 cm³/mol. The smallest absolute Gasteiger partial charge is 0.269 e. The molecule has 0 aromatic heterocycles. The van der Waals surface area contributed by atoms with Crippen LogP contribution in [-0.2, 0) is 19.7 Å². The van der Waals surface area contributed by atoms with Gasteiger partial charge in [-0.05, 0) is 5.56 Å². The molecule has 1 amide bonds. The number of sulfonamides is 1. The van der Waals surface area contributed by atoms with Crippen molar-refractivity contribution < 1.29 is 18.0 Å². The van der Waals surface area contributed by atoms with Gasteiger partial charge >= 0.3 is 0 Å². The molecule has 114 valence electrons. The quantitative estimate of drug-likeness (QED) is 0.732. The van der Waals surface area contributed by atoms with E-state index < -0.39 is 10.0 Å². The van der Waals surface area contributed by atoms with Gasteiger partial charge in [0.2, 0.25) is 10.0 Å². The summed E-state index contributed by atoms with van der Waals surface area (Å²) in [5.41, 5.74) is 1.27. The molecule has 2 rings (SSSR count).